The zero-order valence-corrected chi connectivity index (χ0v) is 10.0. The van der Waals surface area contributed by atoms with Gasteiger partial charge in [-0.25, -0.2) is 4.39 Å². The van der Waals surface area contributed by atoms with Crippen molar-refractivity contribution in [3.8, 4) is 0 Å². The third-order valence-corrected chi connectivity index (χ3v) is 2.72. The Kier molecular flexibility index (Phi) is 5.43. The average Bonchev–Trinajstić information content (AvgIpc) is 2.24. The quantitative estimate of drug-likeness (QED) is 0.755. The normalized spacial score (nSPS) is 12.8. The van der Waals surface area contributed by atoms with Crippen LogP contribution in [0.15, 0.2) is 18.2 Å². The van der Waals surface area contributed by atoms with E-state index in [1.807, 2.05) is 6.92 Å². The van der Waals surface area contributed by atoms with Crippen molar-refractivity contribution in [2.75, 3.05) is 13.7 Å². The Morgan fingerprint density at radius 1 is 1.44 bits per heavy atom. The first-order valence-electron chi connectivity index (χ1n) is 5.63. The molecule has 0 spiro atoms. The van der Waals surface area contributed by atoms with Crippen molar-refractivity contribution in [2.45, 2.75) is 32.2 Å². The molecule has 1 unspecified atom stereocenters. The van der Waals surface area contributed by atoms with Crippen LogP contribution in [0.2, 0.25) is 0 Å². The van der Waals surface area contributed by atoms with Crippen LogP contribution in [0.5, 0.6) is 0 Å². The third kappa shape index (κ3) is 4.29. The maximum absolute atomic E-state index is 13.0. The zero-order chi connectivity index (χ0) is 12.0. The molecule has 1 atom stereocenters. The van der Waals surface area contributed by atoms with Gasteiger partial charge < -0.3 is 10.5 Å². The molecule has 0 saturated heterocycles. The van der Waals surface area contributed by atoms with Crippen LogP contribution in [0.1, 0.15) is 24.0 Å². The number of nitrogens with two attached hydrogens (primary N) is 1. The summed E-state index contributed by atoms with van der Waals surface area (Å²) in [7, 11) is 1.68. The van der Waals surface area contributed by atoms with Crippen LogP contribution in [-0.2, 0) is 11.2 Å². The van der Waals surface area contributed by atoms with Gasteiger partial charge in [0.05, 0.1) is 0 Å². The van der Waals surface area contributed by atoms with Crippen molar-refractivity contribution in [1.82, 2.24) is 0 Å². The fraction of sp³-hybridized carbons (Fsp3) is 0.538. The molecular weight excluding hydrogens is 205 g/mol. The molecule has 0 aliphatic rings. The van der Waals surface area contributed by atoms with E-state index in [0.29, 0.717) is 0 Å². The number of ether oxygens (including phenoxy) is 1. The van der Waals surface area contributed by atoms with Crippen LogP contribution in [-0.4, -0.2) is 19.8 Å². The summed E-state index contributed by atoms with van der Waals surface area (Å²) < 4.78 is 18.0. The molecule has 0 aliphatic carbocycles. The molecule has 0 heterocycles. The van der Waals surface area contributed by atoms with Crippen LogP contribution in [0.3, 0.4) is 0 Å². The highest BCUT2D eigenvalue weighted by Gasteiger charge is 2.07. The van der Waals surface area contributed by atoms with Crippen LogP contribution in [0.4, 0.5) is 4.39 Å². The molecule has 2 N–H and O–H groups in total. The van der Waals surface area contributed by atoms with Gasteiger partial charge in [-0.05, 0) is 49.4 Å². The molecule has 0 amide bonds. The summed E-state index contributed by atoms with van der Waals surface area (Å²) >= 11 is 0. The van der Waals surface area contributed by atoms with E-state index in [9.17, 15) is 4.39 Å². The van der Waals surface area contributed by atoms with Gasteiger partial charge in [-0.15, -0.1) is 0 Å². The molecule has 3 heteroatoms. The van der Waals surface area contributed by atoms with Gasteiger partial charge in [0, 0.05) is 19.8 Å². The molecule has 0 aromatic heterocycles. The summed E-state index contributed by atoms with van der Waals surface area (Å²) in [5, 5.41) is 0. The Labute approximate surface area is 96.6 Å². The van der Waals surface area contributed by atoms with Crippen molar-refractivity contribution in [1.29, 1.82) is 0 Å². The van der Waals surface area contributed by atoms with E-state index in [4.69, 9.17) is 10.5 Å². The number of benzene rings is 1. The number of hydrogen-bond donors (Lipinski definition) is 1. The molecule has 1 aromatic carbocycles. The van der Waals surface area contributed by atoms with Crippen molar-refractivity contribution in [2.24, 2.45) is 5.73 Å². The summed E-state index contributed by atoms with van der Waals surface area (Å²) in [5.41, 5.74) is 8.09. The lowest BCUT2D eigenvalue weighted by Gasteiger charge is -2.13. The highest BCUT2D eigenvalue weighted by molar-refractivity contribution is 5.27. The first kappa shape index (κ1) is 13.1. The lowest BCUT2D eigenvalue weighted by Crippen LogP contribution is -2.23. The van der Waals surface area contributed by atoms with Gasteiger partial charge >= 0.3 is 0 Å². The van der Waals surface area contributed by atoms with Gasteiger partial charge in [0.1, 0.15) is 5.82 Å². The number of halogens is 1. The van der Waals surface area contributed by atoms with Crippen LogP contribution in [0.25, 0.3) is 0 Å². The highest BCUT2D eigenvalue weighted by atomic mass is 19.1. The summed E-state index contributed by atoms with van der Waals surface area (Å²) in [4.78, 5) is 0. The monoisotopic (exact) mass is 225 g/mol. The Morgan fingerprint density at radius 3 is 2.88 bits per heavy atom. The zero-order valence-electron chi connectivity index (χ0n) is 10.0. The molecular formula is C13H20FNO. The fourth-order valence-electron chi connectivity index (χ4n) is 1.73. The third-order valence-electron chi connectivity index (χ3n) is 2.72. The molecule has 90 valence electrons. The number of hydrogen-bond acceptors (Lipinski definition) is 2. The lowest BCUT2D eigenvalue weighted by atomic mass is 9.99. The van der Waals surface area contributed by atoms with E-state index in [2.05, 4.69) is 0 Å². The molecule has 1 rings (SSSR count). The maximum Gasteiger partial charge on any atom is 0.123 e. The Morgan fingerprint density at radius 2 is 2.19 bits per heavy atom. The minimum atomic E-state index is -0.190. The summed E-state index contributed by atoms with van der Waals surface area (Å²) in [6, 6.07) is 4.93. The predicted molar refractivity (Wildman–Crippen MR) is 63.9 cm³/mol. The smallest absolute Gasteiger partial charge is 0.123 e. The van der Waals surface area contributed by atoms with Crippen molar-refractivity contribution in [3.63, 3.8) is 0 Å². The topological polar surface area (TPSA) is 35.2 Å². The van der Waals surface area contributed by atoms with E-state index < -0.39 is 0 Å². The van der Waals surface area contributed by atoms with Crippen molar-refractivity contribution >= 4 is 0 Å². The number of methoxy groups -OCH3 is 1. The Balaban J connectivity index is 2.48. The summed E-state index contributed by atoms with van der Waals surface area (Å²) in [6.45, 7) is 2.71. The van der Waals surface area contributed by atoms with Crippen LogP contribution < -0.4 is 5.73 Å². The van der Waals surface area contributed by atoms with Gasteiger partial charge in [-0.3, -0.25) is 0 Å². The van der Waals surface area contributed by atoms with Gasteiger partial charge in [-0.1, -0.05) is 6.07 Å². The second kappa shape index (κ2) is 6.61. The molecule has 1 aromatic rings. The number of rotatable bonds is 6. The van der Waals surface area contributed by atoms with E-state index in [0.717, 1.165) is 37.0 Å². The summed E-state index contributed by atoms with van der Waals surface area (Å²) in [6.07, 6.45) is 2.59. The van der Waals surface area contributed by atoms with Crippen molar-refractivity contribution in [3.05, 3.63) is 35.1 Å². The van der Waals surface area contributed by atoms with E-state index in [1.54, 1.807) is 19.2 Å². The van der Waals surface area contributed by atoms with Gasteiger partial charge in [0.25, 0.3) is 0 Å². The van der Waals surface area contributed by atoms with Crippen molar-refractivity contribution < 1.29 is 9.13 Å². The fourth-order valence-corrected chi connectivity index (χ4v) is 1.73. The second-order valence-electron chi connectivity index (χ2n) is 4.17. The standard InChI is InChI=1S/C13H20FNO/c1-10-5-6-12(14)8-11(10)9-13(15)4-3-7-16-2/h5-6,8,13H,3-4,7,9,15H2,1-2H3. The lowest BCUT2D eigenvalue weighted by molar-refractivity contribution is 0.190. The second-order valence-corrected chi connectivity index (χ2v) is 4.17. The number of aryl methyl sites for hydroxylation is 1. The minimum Gasteiger partial charge on any atom is -0.385 e. The molecule has 0 radical (unpaired) electrons. The van der Waals surface area contributed by atoms with Crippen LogP contribution in [0, 0.1) is 12.7 Å². The maximum atomic E-state index is 13.0. The minimum absolute atomic E-state index is 0.0793. The van der Waals surface area contributed by atoms with Gasteiger partial charge in [-0.2, -0.15) is 0 Å². The largest absolute Gasteiger partial charge is 0.385 e. The van der Waals surface area contributed by atoms with Crippen LogP contribution >= 0.6 is 0 Å². The molecule has 2 nitrogen and oxygen atoms in total. The van der Waals surface area contributed by atoms with Gasteiger partial charge in [0.2, 0.25) is 0 Å². The molecule has 16 heavy (non-hydrogen) atoms. The van der Waals surface area contributed by atoms with E-state index in [1.165, 1.54) is 6.07 Å². The first-order valence-corrected chi connectivity index (χ1v) is 5.63. The molecule has 0 saturated carbocycles. The van der Waals surface area contributed by atoms with E-state index >= 15 is 0 Å². The summed E-state index contributed by atoms with van der Waals surface area (Å²) in [5.74, 6) is -0.190. The SMILES string of the molecule is COCCCC(N)Cc1cc(F)ccc1C. The predicted octanol–water partition coefficient (Wildman–Crippen LogP) is 2.43. The first-order chi connectivity index (χ1) is 7.63. The molecule has 0 aliphatic heterocycles. The van der Waals surface area contributed by atoms with E-state index in [-0.39, 0.29) is 11.9 Å². The highest BCUT2D eigenvalue weighted by Crippen LogP contribution is 2.13. The molecule has 0 bridgehead atoms. The average molecular weight is 225 g/mol. The Hall–Kier alpha value is -0.930. The van der Waals surface area contributed by atoms with Gasteiger partial charge in [0.15, 0.2) is 0 Å². The Bertz CT molecular complexity index is 328. The molecule has 0 fully saturated rings.